The molecule has 4 rings (SSSR count). The van der Waals surface area contributed by atoms with Crippen LogP contribution in [0.25, 0.3) is 22.5 Å². The Kier molecular flexibility index (Phi) is 4.69. The van der Waals surface area contributed by atoms with Crippen molar-refractivity contribution in [3.63, 3.8) is 0 Å². The monoisotopic (exact) mass is 374 g/mol. The fraction of sp³-hybridized carbons (Fsp3) is 0.227. The fourth-order valence-corrected chi connectivity index (χ4v) is 3.17. The maximum atomic E-state index is 13.0. The van der Waals surface area contributed by atoms with Crippen LogP contribution in [0.15, 0.2) is 65.1 Å². The van der Waals surface area contributed by atoms with E-state index in [2.05, 4.69) is 10.2 Å². The van der Waals surface area contributed by atoms with Gasteiger partial charge < -0.3 is 13.9 Å². The van der Waals surface area contributed by atoms with Crippen molar-refractivity contribution in [2.75, 3.05) is 11.9 Å². The number of aromatic nitrogens is 3. The van der Waals surface area contributed by atoms with Crippen LogP contribution in [0, 0.1) is 0 Å². The Hall–Kier alpha value is -3.41. The minimum Gasteiger partial charge on any atom is -0.419 e. The average molecular weight is 374 g/mol. The first-order valence-electron chi connectivity index (χ1n) is 9.28. The van der Waals surface area contributed by atoms with Crippen LogP contribution in [-0.2, 0) is 11.3 Å². The predicted octanol–water partition coefficient (Wildman–Crippen LogP) is 4.48. The summed E-state index contributed by atoms with van der Waals surface area (Å²) in [5.41, 5.74) is 2.55. The van der Waals surface area contributed by atoms with Crippen LogP contribution in [0.3, 0.4) is 0 Å². The normalized spacial score (nSPS) is 11.3. The summed E-state index contributed by atoms with van der Waals surface area (Å²) in [4.78, 5) is 14.6. The van der Waals surface area contributed by atoms with Crippen LogP contribution in [0.1, 0.15) is 25.7 Å². The van der Waals surface area contributed by atoms with Gasteiger partial charge in [-0.25, -0.2) is 0 Å². The highest BCUT2D eigenvalue weighted by Gasteiger charge is 2.20. The number of hydrogen-bond acceptors (Lipinski definition) is 4. The van der Waals surface area contributed by atoms with Crippen LogP contribution >= 0.6 is 0 Å². The molecule has 6 heteroatoms. The van der Waals surface area contributed by atoms with Crippen LogP contribution in [0.4, 0.5) is 5.69 Å². The largest absolute Gasteiger partial charge is 0.419 e. The minimum absolute atomic E-state index is 0.0302. The molecule has 1 amide bonds. The van der Waals surface area contributed by atoms with Gasteiger partial charge in [-0.05, 0) is 24.3 Å². The Labute approximate surface area is 163 Å². The van der Waals surface area contributed by atoms with Crippen molar-refractivity contribution in [2.45, 2.75) is 26.3 Å². The molecule has 4 aromatic rings. The van der Waals surface area contributed by atoms with Crippen molar-refractivity contribution in [3.8, 4) is 11.6 Å². The molecule has 142 valence electrons. The second kappa shape index (κ2) is 7.31. The minimum atomic E-state index is -0.0302. The first-order chi connectivity index (χ1) is 13.5. The van der Waals surface area contributed by atoms with E-state index in [4.69, 9.17) is 4.42 Å². The molecule has 0 aliphatic carbocycles. The second-order valence-electron chi connectivity index (χ2n) is 7.06. The van der Waals surface area contributed by atoms with Gasteiger partial charge in [0.05, 0.1) is 0 Å². The predicted molar refractivity (Wildman–Crippen MR) is 109 cm³/mol. The number of amides is 1. The van der Waals surface area contributed by atoms with Crippen LogP contribution in [0.5, 0.6) is 0 Å². The van der Waals surface area contributed by atoms with Gasteiger partial charge in [0.15, 0.2) is 0 Å². The van der Waals surface area contributed by atoms with Crippen molar-refractivity contribution in [1.82, 2.24) is 14.8 Å². The number of hydrogen-bond donors (Lipinski definition) is 0. The van der Waals surface area contributed by atoms with Crippen molar-refractivity contribution < 1.29 is 9.21 Å². The first-order valence-corrected chi connectivity index (χ1v) is 9.28. The van der Waals surface area contributed by atoms with Gasteiger partial charge in [0.1, 0.15) is 12.2 Å². The number of anilines is 1. The molecule has 0 fully saturated rings. The Balaban J connectivity index is 1.74. The lowest BCUT2D eigenvalue weighted by Gasteiger charge is -2.18. The number of benzene rings is 2. The Bertz CT molecular complexity index is 1110. The lowest BCUT2D eigenvalue weighted by Crippen LogP contribution is -2.30. The van der Waals surface area contributed by atoms with Crippen LogP contribution in [0.2, 0.25) is 0 Å². The zero-order valence-electron chi connectivity index (χ0n) is 16.2. The molecule has 0 aliphatic heterocycles. The topological polar surface area (TPSA) is 64.2 Å². The Morgan fingerprint density at radius 1 is 1.07 bits per heavy atom. The molecule has 0 N–H and O–H groups in total. The molecule has 0 radical (unpaired) electrons. The SMILES string of the molecule is CC(C)c1nnc(-c2cc3ccccc3n2CC(=O)N(C)c2ccccc2)o1. The van der Waals surface area contributed by atoms with E-state index in [0.717, 1.165) is 22.3 Å². The maximum Gasteiger partial charge on any atom is 0.264 e. The van der Waals surface area contributed by atoms with Gasteiger partial charge in [0, 0.05) is 29.6 Å². The van der Waals surface area contributed by atoms with Gasteiger partial charge in [-0.2, -0.15) is 0 Å². The standard InChI is InChI=1S/C22H22N4O2/c1-15(2)21-23-24-22(28-21)19-13-16-9-7-8-12-18(16)26(19)14-20(27)25(3)17-10-5-4-6-11-17/h4-13,15H,14H2,1-3H3. The summed E-state index contributed by atoms with van der Waals surface area (Å²) in [6, 6.07) is 19.5. The van der Waals surface area contributed by atoms with E-state index in [1.54, 1.807) is 11.9 Å². The smallest absolute Gasteiger partial charge is 0.264 e. The van der Waals surface area contributed by atoms with Gasteiger partial charge in [-0.15, -0.1) is 10.2 Å². The van der Waals surface area contributed by atoms with E-state index >= 15 is 0 Å². The van der Waals surface area contributed by atoms with Gasteiger partial charge in [-0.3, -0.25) is 4.79 Å². The molecule has 0 saturated carbocycles. The molecule has 0 spiro atoms. The zero-order chi connectivity index (χ0) is 19.7. The highest BCUT2D eigenvalue weighted by molar-refractivity contribution is 5.95. The Morgan fingerprint density at radius 2 is 1.79 bits per heavy atom. The summed E-state index contributed by atoms with van der Waals surface area (Å²) in [6.45, 7) is 4.18. The summed E-state index contributed by atoms with van der Waals surface area (Å²) in [5.74, 6) is 1.12. The molecule has 0 aliphatic rings. The lowest BCUT2D eigenvalue weighted by atomic mass is 10.2. The lowest BCUT2D eigenvalue weighted by molar-refractivity contribution is -0.118. The van der Waals surface area contributed by atoms with E-state index in [9.17, 15) is 4.79 Å². The molecule has 0 unspecified atom stereocenters. The van der Waals surface area contributed by atoms with E-state index in [0.29, 0.717) is 11.8 Å². The first kappa shape index (κ1) is 18.0. The van der Waals surface area contributed by atoms with Gasteiger partial charge in [0.2, 0.25) is 11.8 Å². The van der Waals surface area contributed by atoms with Gasteiger partial charge >= 0.3 is 0 Å². The molecule has 2 heterocycles. The van der Waals surface area contributed by atoms with E-state index in [1.165, 1.54) is 0 Å². The number of rotatable bonds is 5. The number of para-hydroxylation sites is 2. The highest BCUT2D eigenvalue weighted by Crippen LogP contribution is 2.29. The third-order valence-corrected chi connectivity index (χ3v) is 4.78. The molecule has 0 saturated heterocycles. The molecule has 2 aromatic carbocycles. The van der Waals surface area contributed by atoms with E-state index < -0.39 is 0 Å². The molecule has 6 nitrogen and oxygen atoms in total. The quantitative estimate of drug-likeness (QED) is 0.517. The van der Waals surface area contributed by atoms with E-state index in [-0.39, 0.29) is 18.4 Å². The maximum absolute atomic E-state index is 13.0. The van der Waals surface area contributed by atoms with Crippen molar-refractivity contribution in [1.29, 1.82) is 0 Å². The molecule has 28 heavy (non-hydrogen) atoms. The number of nitrogens with zero attached hydrogens (tertiary/aromatic N) is 4. The average Bonchev–Trinajstić information content (AvgIpc) is 3.33. The summed E-state index contributed by atoms with van der Waals surface area (Å²) < 4.78 is 7.80. The fourth-order valence-electron chi connectivity index (χ4n) is 3.17. The molecular formula is C22H22N4O2. The molecule has 2 aromatic heterocycles. The number of likely N-dealkylation sites (N-methyl/N-ethyl adjacent to an activating group) is 1. The second-order valence-corrected chi connectivity index (χ2v) is 7.06. The third-order valence-electron chi connectivity index (χ3n) is 4.78. The van der Waals surface area contributed by atoms with Gasteiger partial charge in [-0.1, -0.05) is 50.2 Å². The summed E-state index contributed by atoms with van der Waals surface area (Å²) in [7, 11) is 1.78. The van der Waals surface area contributed by atoms with Crippen molar-refractivity contribution in [2.24, 2.45) is 0 Å². The Morgan fingerprint density at radius 3 is 2.50 bits per heavy atom. The van der Waals surface area contributed by atoms with Crippen LogP contribution < -0.4 is 4.90 Å². The molecular weight excluding hydrogens is 352 g/mol. The zero-order valence-corrected chi connectivity index (χ0v) is 16.2. The van der Waals surface area contributed by atoms with Crippen molar-refractivity contribution in [3.05, 3.63) is 66.6 Å². The van der Waals surface area contributed by atoms with Crippen LogP contribution in [-0.4, -0.2) is 27.7 Å². The summed E-state index contributed by atoms with van der Waals surface area (Å²) in [6.07, 6.45) is 0. The molecule has 0 bridgehead atoms. The number of carbonyl (C=O) groups excluding carboxylic acids is 1. The van der Waals surface area contributed by atoms with Gasteiger partial charge in [0.25, 0.3) is 5.89 Å². The number of fused-ring (bicyclic) bond motifs is 1. The van der Waals surface area contributed by atoms with Crippen molar-refractivity contribution >= 4 is 22.5 Å². The number of carbonyl (C=O) groups is 1. The molecule has 0 atom stereocenters. The summed E-state index contributed by atoms with van der Waals surface area (Å²) in [5, 5.41) is 9.38. The summed E-state index contributed by atoms with van der Waals surface area (Å²) >= 11 is 0. The van der Waals surface area contributed by atoms with E-state index in [1.807, 2.05) is 79.1 Å². The third kappa shape index (κ3) is 3.29. The highest BCUT2D eigenvalue weighted by atomic mass is 16.4.